The Hall–Kier alpha value is -1.28. The number of hydrogen-bond acceptors (Lipinski definition) is 1. The van der Waals surface area contributed by atoms with Gasteiger partial charge in [-0.1, -0.05) is 6.07 Å². The number of rotatable bonds is 3. The van der Waals surface area contributed by atoms with Crippen molar-refractivity contribution in [2.24, 2.45) is 0 Å². The molecule has 1 N–H and O–H groups in total. The molecule has 0 aliphatic rings. The van der Waals surface area contributed by atoms with E-state index in [1.54, 1.807) is 0 Å². The molecular weight excluding hydrogens is 232 g/mol. The van der Waals surface area contributed by atoms with Crippen LogP contribution in [0, 0.1) is 13.8 Å². The van der Waals surface area contributed by atoms with Crippen LogP contribution in [-0.2, 0) is 13.1 Å². The van der Waals surface area contributed by atoms with Gasteiger partial charge in [-0.15, -0.1) is 0 Å². The SMILES string of the molecule is CCn1c(C)c(C)c2cc(CNC(C)(C)C)ccc21. The zero-order valence-corrected chi connectivity index (χ0v) is 13.1. The minimum atomic E-state index is 0.162. The second kappa shape index (κ2) is 5.01. The molecule has 0 bridgehead atoms. The van der Waals surface area contributed by atoms with Crippen molar-refractivity contribution in [3.63, 3.8) is 0 Å². The predicted octanol–water partition coefficient (Wildman–Crippen LogP) is 4.17. The first-order chi connectivity index (χ1) is 8.83. The Labute approximate surface area is 116 Å². The summed E-state index contributed by atoms with van der Waals surface area (Å²) < 4.78 is 2.39. The van der Waals surface area contributed by atoms with E-state index in [1.165, 1.54) is 27.7 Å². The summed E-state index contributed by atoms with van der Waals surface area (Å²) in [5.74, 6) is 0. The average molecular weight is 258 g/mol. The third kappa shape index (κ3) is 2.84. The van der Waals surface area contributed by atoms with Gasteiger partial charge < -0.3 is 9.88 Å². The average Bonchev–Trinajstić information content (AvgIpc) is 2.58. The van der Waals surface area contributed by atoms with Gasteiger partial charge in [0.25, 0.3) is 0 Å². The summed E-state index contributed by atoms with van der Waals surface area (Å²) in [4.78, 5) is 0. The number of aryl methyl sites for hydroxylation is 2. The van der Waals surface area contributed by atoms with E-state index in [0.717, 1.165) is 13.1 Å². The molecule has 0 atom stereocenters. The molecule has 2 nitrogen and oxygen atoms in total. The third-order valence-electron chi connectivity index (χ3n) is 3.84. The van der Waals surface area contributed by atoms with E-state index in [9.17, 15) is 0 Å². The fourth-order valence-electron chi connectivity index (χ4n) is 2.58. The van der Waals surface area contributed by atoms with Gasteiger partial charge in [-0.3, -0.25) is 0 Å². The molecule has 104 valence electrons. The van der Waals surface area contributed by atoms with E-state index in [-0.39, 0.29) is 5.54 Å². The number of fused-ring (bicyclic) bond motifs is 1. The van der Waals surface area contributed by atoms with Crippen LogP contribution in [0.1, 0.15) is 44.5 Å². The molecule has 0 fully saturated rings. The van der Waals surface area contributed by atoms with Crippen LogP contribution in [-0.4, -0.2) is 10.1 Å². The number of aromatic nitrogens is 1. The summed E-state index contributed by atoms with van der Waals surface area (Å²) in [5.41, 5.74) is 5.68. The minimum Gasteiger partial charge on any atom is -0.345 e. The van der Waals surface area contributed by atoms with Crippen LogP contribution in [0.15, 0.2) is 18.2 Å². The smallest absolute Gasteiger partial charge is 0.0485 e. The molecule has 2 rings (SSSR count). The van der Waals surface area contributed by atoms with E-state index >= 15 is 0 Å². The van der Waals surface area contributed by atoms with Crippen LogP contribution in [0.25, 0.3) is 10.9 Å². The summed E-state index contributed by atoms with van der Waals surface area (Å²) in [5, 5.41) is 4.95. The van der Waals surface area contributed by atoms with Crippen LogP contribution in [0.4, 0.5) is 0 Å². The van der Waals surface area contributed by atoms with Gasteiger partial charge in [-0.2, -0.15) is 0 Å². The first-order valence-corrected chi connectivity index (χ1v) is 7.17. The third-order valence-corrected chi connectivity index (χ3v) is 3.84. The summed E-state index contributed by atoms with van der Waals surface area (Å²) in [6.45, 7) is 15.2. The summed E-state index contributed by atoms with van der Waals surface area (Å²) in [6.07, 6.45) is 0. The van der Waals surface area contributed by atoms with Gasteiger partial charge in [0, 0.05) is 35.2 Å². The largest absolute Gasteiger partial charge is 0.345 e. The maximum Gasteiger partial charge on any atom is 0.0485 e. The lowest BCUT2D eigenvalue weighted by Gasteiger charge is -2.20. The molecule has 2 heteroatoms. The Morgan fingerprint density at radius 1 is 1.16 bits per heavy atom. The molecule has 0 saturated heterocycles. The monoisotopic (exact) mass is 258 g/mol. The quantitative estimate of drug-likeness (QED) is 0.874. The highest BCUT2D eigenvalue weighted by molar-refractivity contribution is 5.86. The molecule has 0 aliphatic carbocycles. The molecule has 0 radical (unpaired) electrons. The number of hydrogen-bond donors (Lipinski definition) is 1. The Kier molecular flexibility index (Phi) is 3.73. The lowest BCUT2D eigenvalue weighted by Crippen LogP contribution is -2.35. The van der Waals surface area contributed by atoms with E-state index in [4.69, 9.17) is 0 Å². The molecule has 19 heavy (non-hydrogen) atoms. The van der Waals surface area contributed by atoms with E-state index in [0.29, 0.717) is 0 Å². The highest BCUT2D eigenvalue weighted by Crippen LogP contribution is 2.26. The maximum absolute atomic E-state index is 3.55. The number of benzene rings is 1. The number of nitrogens with zero attached hydrogens (tertiary/aromatic N) is 1. The normalized spacial score (nSPS) is 12.3. The first kappa shape index (κ1) is 14.1. The van der Waals surface area contributed by atoms with Crippen LogP contribution in [0.3, 0.4) is 0 Å². The second-order valence-corrected chi connectivity index (χ2v) is 6.41. The Morgan fingerprint density at radius 3 is 2.42 bits per heavy atom. The van der Waals surface area contributed by atoms with Crippen molar-refractivity contribution >= 4 is 10.9 Å². The fourth-order valence-corrected chi connectivity index (χ4v) is 2.58. The molecule has 1 heterocycles. The molecule has 0 unspecified atom stereocenters. The van der Waals surface area contributed by atoms with Gasteiger partial charge in [0.2, 0.25) is 0 Å². The van der Waals surface area contributed by atoms with Crippen molar-refractivity contribution < 1.29 is 0 Å². The maximum atomic E-state index is 3.55. The Balaban J connectivity index is 2.38. The van der Waals surface area contributed by atoms with Crippen LogP contribution < -0.4 is 5.32 Å². The zero-order chi connectivity index (χ0) is 14.2. The topological polar surface area (TPSA) is 17.0 Å². The molecule has 0 amide bonds. The van der Waals surface area contributed by atoms with Crippen LogP contribution >= 0.6 is 0 Å². The van der Waals surface area contributed by atoms with Crippen molar-refractivity contribution in [3.05, 3.63) is 35.0 Å². The first-order valence-electron chi connectivity index (χ1n) is 7.17. The van der Waals surface area contributed by atoms with Crippen molar-refractivity contribution in [1.29, 1.82) is 0 Å². The van der Waals surface area contributed by atoms with Gasteiger partial charge in [0.15, 0.2) is 0 Å². The molecular formula is C17H26N2. The van der Waals surface area contributed by atoms with Gasteiger partial charge in [-0.25, -0.2) is 0 Å². The highest BCUT2D eigenvalue weighted by atomic mass is 15.0. The van der Waals surface area contributed by atoms with Gasteiger partial charge >= 0.3 is 0 Å². The molecule has 1 aromatic heterocycles. The standard InChI is InChI=1S/C17H26N2/c1-7-19-13(3)12(2)15-10-14(8-9-16(15)19)11-18-17(4,5)6/h8-10,18H,7,11H2,1-6H3. The van der Waals surface area contributed by atoms with Crippen LogP contribution in [0.2, 0.25) is 0 Å². The molecule has 0 aliphatic heterocycles. The van der Waals surface area contributed by atoms with Gasteiger partial charge in [0.1, 0.15) is 0 Å². The van der Waals surface area contributed by atoms with E-state index in [1.807, 2.05) is 0 Å². The van der Waals surface area contributed by atoms with Crippen LogP contribution in [0.5, 0.6) is 0 Å². The highest BCUT2D eigenvalue weighted by Gasteiger charge is 2.12. The van der Waals surface area contributed by atoms with Crippen molar-refractivity contribution in [2.75, 3.05) is 0 Å². The summed E-state index contributed by atoms with van der Waals surface area (Å²) in [6, 6.07) is 6.84. The molecule has 1 aromatic carbocycles. The second-order valence-electron chi connectivity index (χ2n) is 6.41. The van der Waals surface area contributed by atoms with Gasteiger partial charge in [0.05, 0.1) is 0 Å². The zero-order valence-electron chi connectivity index (χ0n) is 13.1. The Morgan fingerprint density at radius 2 is 1.84 bits per heavy atom. The molecule has 2 aromatic rings. The Bertz CT molecular complexity index is 585. The fraction of sp³-hybridized carbons (Fsp3) is 0.529. The van der Waals surface area contributed by atoms with E-state index in [2.05, 4.69) is 69.6 Å². The molecule has 0 saturated carbocycles. The van der Waals surface area contributed by atoms with Crippen molar-refractivity contribution in [3.8, 4) is 0 Å². The number of nitrogens with one attached hydrogen (secondary N) is 1. The lowest BCUT2D eigenvalue weighted by molar-refractivity contribution is 0.424. The summed E-state index contributed by atoms with van der Waals surface area (Å²) >= 11 is 0. The predicted molar refractivity (Wildman–Crippen MR) is 83.7 cm³/mol. The minimum absolute atomic E-state index is 0.162. The van der Waals surface area contributed by atoms with Gasteiger partial charge in [-0.05, 0) is 64.8 Å². The van der Waals surface area contributed by atoms with Crippen molar-refractivity contribution in [1.82, 2.24) is 9.88 Å². The summed E-state index contributed by atoms with van der Waals surface area (Å²) in [7, 11) is 0. The lowest BCUT2D eigenvalue weighted by atomic mass is 10.1. The van der Waals surface area contributed by atoms with Crippen molar-refractivity contribution in [2.45, 2.75) is 60.2 Å². The molecule has 0 spiro atoms. The van der Waals surface area contributed by atoms with E-state index < -0.39 is 0 Å².